The molecule has 2 aromatic carbocycles. The van der Waals surface area contributed by atoms with E-state index in [1.165, 1.54) is 7.11 Å². The van der Waals surface area contributed by atoms with E-state index in [-0.39, 0.29) is 12.2 Å². The van der Waals surface area contributed by atoms with Crippen LogP contribution < -0.4 is 5.32 Å². The smallest absolute Gasteiger partial charge is 0.307 e. The minimum absolute atomic E-state index is 0.0261. The lowest BCUT2D eigenvalue weighted by molar-refractivity contribution is -0.141. The quantitative estimate of drug-likeness (QED) is 0.697. The number of furan rings is 1. The Morgan fingerprint density at radius 2 is 1.92 bits per heavy atom. The van der Waals surface area contributed by atoms with E-state index in [0.29, 0.717) is 10.6 Å². The molecular weight excluding hydrogens is 342 g/mol. The molecule has 0 spiro atoms. The summed E-state index contributed by atoms with van der Waals surface area (Å²) in [6.45, 7) is 0. The molecule has 0 aliphatic carbocycles. The molecule has 1 aromatic heterocycles. The molecule has 0 saturated carbocycles. The monoisotopic (exact) mass is 357 g/mol. The number of hydrogen-bond donors (Lipinski definition) is 1. The molecule has 0 aliphatic rings. The topological polar surface area (TPSA) is 68.5 Å². The van der Waals surface area contributed by atoms with Gasteiger partial charge in [-0.1, -0.05) is 41.9 Å². The zero-order valence-corrected chi connectivity index (χ0v) is 14.2. The molecule has 128 valence electrons. The van der Waals surface area contributed by atoms with Gasteiger partial charge in [-0.3, -0.25) is 9.59 Å². The Morgan fingerprint density at radius 3 is 2.64 bits per heavy atom. The molecule has 0 radical (unpaired) electrons. The third kappa shape index (κ3) is 4.00. The highest BCUT2D eigenvalue weighted by Gasteiger charge is 2.21. The standard InChI is InChI=1S/C19H16ClNO4/c1-24-18(22)11-15(12-5-3-2-4-6-12)21-19(23)17-10-13-9-14(20)7-8-16(13)25-17/h2-10,15H,11H2,1H3,(H,21,23). The fourth-order valence-corrected chi connectivity index (χ4v) is 2.72. The first-order chi connectivity index (χ1) is 12.1. The highest BCUT2D eigenvalue weighted by atomic mass is 35.5. The molecule has 1 amide bonds. The van der Waals surface area contributed by atoms with Crippen LogP contribution in [0.2, 0.25) is 5.02 Å². The summed E-state index contributed by atoms with van der Waals surface area (Å²) in [5.41, 5.74) is 1.37. The van der Waals surface area contributed by atoms with E-state index in [2.05, 4.69) is 5.32 Å². The van der Waals surface area contributed by atoms with Gasteiger partial charge in [0.2, 0.25) is 0 Å². The maximum absolute atomic E-state index is 12.6. The number of fused-ring (bicyclic) bond motifs is 1. The maximum Gasteiger partial charge on any atom is 0.307 e. The molecular formula is C19H16ClNO4. The number of amides is 1. The first-order valence-corrected chi connectivity index (χ1v) is 8.06. The van der Waals surface area contributed by atoms with Gasteiger partial charge in [0.15, 0.2) is 5.76 Å². The van der Waals surface area contributed by atoms with Gasteiger partial charge in [0.1, 0.15) is 5.58 Å². The van der Waals surface area contributed by atoms with E-state index in [0.717, 1.165) is 10.9 Å². The van der Waals surface area contributed by atoms with Gasteiger partial charge >= 0.3 is 5.97 Å². The number of esters is 1. The predicted molar refractivity (Wildman–Crippen MR) is 94.5 cm³/mol. The molecule has 6 heteroatoms. The number of benzene rings is 2. The van der Waals surface area contributed by atoms with Crippen molar-refractivity contribution in [2.45, 2.75) is 12.5 Å². The number of ether oxygens (including phenoxy) is 1. The first-order valence-electron chi connectivity index (χ1n) is 7.68. The average Bonchev–Trinajstić information content (AvgIpc) is 3.05. The summed E-state index contributed by atoms with van der Waals surface area (Å²) >= 11 is 5.95. The Kier molecular flexibility index (Phi) is 5.05. The number of carbonyl (C=O) groups is 2. The summed E-state index contributed by atoms with van der Waals surface area (Å²) in [5, 5.41) is 4.12. The normalized spacial score (nSPS) is 11.9. The van der Waals surface area contributed by atoms with Crippen molar-refractivity contribution in [2.24, 2.45) is 0 Å². The largest absolute Gasteiger partial charge is 0.469 e. The van der Waals surface area contributed by atoms with E-state index < -0.39 is 17.9 Å². The second-order valence-electron chi connectivity index (χ2n) is 5.51. The SMILES string of the molecule is COC(=O)CC(NC(=O)c1cc2cc(Cl)ccc2o1)c1ccccc1. The van der Waals surface area contributed by atoms with Gasteiger partial charge in [-0.05, 0) is 29.8 Å². The molecule has 5 nitrogen and oxygen atoms in total. The molecule has 0 aliphatic heterocycles. The molecule has 0 saturated heterocycles. The van der Waals surface area contributed by atoms with Crippen molar-refractivity contribution >= 4 is 34.4 Å². The first kappa shape index (κ1) is 17.0. The van der Waals surface area contributed by atoms with Gasteiger partial charge in [0.25, 0.3) is 5.91 Å². The second kappa shape index (κ2) is 7.40. The average molecular weight is 358 g/mol. The van der Waals surface area contributed by atoms with Crippen molar-refractivity contribution in [1.82, 2.24) is 5.32 Å². The third-order valence-corrected chi connectivity index (χ3v) is 4.04. The van der Waals surface area contributed by atoms with Gasteiger partial charge in [-0.2, -0.15) is 0 Å². The maximum atomic E-state index is 12.6. The summed E-state index contributed by atoms with van der Waals surface area (Å²) in [6.07, 6.45) is 0.0261. The molecule has 25 heavy (non-hydrogen) atoms. The summed E-state index contributed by atoms with van der Waals surface area (Å²) in [7, 11) is 1.31. The lowest BCUT2D eigenvalue weighted by atomic mass is 10.0. The van der Waals surface area contributed by atoms with Crippen LogP contribution in [0, 0.1) is 0 Å². The predicted octanol–water partition coefficient (Wildman–Crippen LogP) is 4.12. The van der Waals surface area contributed by atoms with Crippen molar-refractivity contribution in [3.63, 3.8) is 0 Å². The lowest BCUT2D eigenvalue weighted by Crippen LogP contribution is -2.30. The van der Waals surface area contributed by atoms with Crippen LogP contribution >= 0.6 is 11.6 Å². The molecule has 0 fully saturated rings. The molecule has 3 aromatic rings. The van der Waals surface area contributed by atoms with E-state index in [9.17, 15) is 9.59 Å². The summed E-state index contributed by atoms with van der Waals surface area (Å²) in [4.78, 5) is 24.2. The van der Waals surface area contributed by atoms with Crippen LogP contribution in [0.5, 0.6) is 0 Å². The number of methoxy groups -OCH3 is 1. The van der Waals surface area contributed by atoms with Crippen molar-refractivity contribution in [2.75, 3.05) is 7.11 Å². The Morgan fingerprint density at radius 1 is 1.16 bits per heavy atom. The van der Waals surface area contributed by atoms with Crippen LogP contribution in [0.4, 0.5) is 0 Å². The Balaban J connectivity index is 1.84. The van der Waals surface area contributed by atoms with E-state index >= 15 is 0 Å². The summed E-state index contributed by atoms with van der Waals surface area (Å²) < 4.78 is 10.3. The van der Waals surface area contributed by atoms with E-state index in [1.54, 1.807) is 24.3 Å². The van der Waals surface area contributed by atoms with Crippen molar-refractivity contribution in [1.29, 1.82) is 0 Å². The fourth-order valence-electron chi connectivity index (χ4n) is 2.54. The van der Waals surface area contributed by atoms with Gasteiger partial charge in [0.05, 0.1) is 19.6 Å². The Labute approximate surface area is 149 Å². The minimum atomic E-state index is -0.516. The Hall–Kier alpha value is -2.79. The van der Waals surface area contributed by atoms with Crippen molar-refractivity contribution < 1.29 is 18.7 Å². The minimum Gasteiger partial charge on any atom is -0.469 e. The molecule has 3 rings (SSSR count). The Bertz CT molecular complexity index is 904. The molecule has 1 heterocycles. The zero-order chi connectivity index (χ0) is 17.8. The third-order valence-electron chi connectivity index (χ3n) is 3.81. The van der Waals surface area contributed by atoms with Crippen LogP contribution in [-0.4, -0.2) is 19.0 Å². The second-order valence-corrected chi connectivity index (χ2v) is 5.95. The fraction of sp³-hybridized carbons (Fsp3) is 0.158. The number of rotatable bonds is 5. The summed E-state index contributed by atoms with van der Waals surface area (Å²) in [6, 6.07) is 15.5. The van der Waals surface area contributed by atoms with E-state index in [1.807, 2.05) is 30.3 Å². The molecule has 0 bridgehead atoms. The number of halogens is 1. The van der Waals surface area contributed by atoms with Gasteiger partial charge in [-0.25, -0.2) is 0 Å². The number of hydrogen-bond acceptors (Lipinski definition) is 4. The molecule has 1 N–H and O–H groups in total. The van der Waals surface area contributed by atoms with Crippen LogP contribution in [-0.2, 0) is 9.53 Å². The lowest BCUT2D eigenvalue weighted by Gasteiger charge is -2.17. The van der Waals surface area contributed by atoms with Crippen molar-refractivity contribution in [3.05, 3.63) is 70.9 Å². The highest BCUT2D eigenvalue weighted by Crippen LogP contribution is 2.24. The van der Waals surface area contributed by atoms with Crippen LogP contribution in [0.1, 0.15) is 28.6 Å². The zero-order valence-electron chi connectivity index (χ0n) is 13.5. The molecule has 1 unspecified atom stereocenters. The summed E-state index contributed by atoms with van der Waals surface area (Å²) in [5.74, 6) is -0.668. The molecule has 1 atom stereocenters. The number of carbonyl (C=O) groups excluding carboxylic acids is 2. The van der Waals surface area contributed by atoms with Crippen LogP contribution in [0.25, 0.3) is 11.0 Å². The van der Waals surface area contributed by atoms with Crippen LogP contribution in [0.15, 0.2) is 59.0 Å². The number of nitrogens with one attached hydrogen (secondary N) is 1. The highest BCUT2D eigenvalue weighted by molar-refractivity contribution is 6.31. The van der Waals surface area contributed by atoms with E-state index in [4.69, 9.17) is 20.8 Å². The van der Waals surface area contributed by atoms with Crippen molar-refractivity contribution in [3.8, 4) is 0 Å². The van der Waals surface area contributed by atoms with Gasteiger partial charge < -0.3 is 14.5 Å². The van der Waals surface area contributed by atoms with Gasteiger partial charge in [0, 0.05) is 10.4 Å². The van der Waals surface area contributed by atoms with Crippen LogP contribution in [0.3, 0.4) is 0 Å². The van der Waals surface area contributed by atoms with Gasteiger partial charge in [-0.15, -0.1) is 0 Å².